The van der Waals surface area contributed by atoms with Crippen molar-refractivity contribution in [2.75, 3.05) is 17.8 Å². The zero-order valence-electron chi connectivity index (χ0n) is 10.1. The fourth-order valence-corrected chi connectivity index (χ4v) is 2.06. The van der Waals surface area contributed by atoms with E-state index in [-0.39, 0.29) is 12.4 Å². The van der Waals surface area contributed by atoms with E-state index in [9.17, 15) is 8.42 Å². The van der Waals surface area contributed by atoms with Crippen molar-refractivity contribution in [2.45, 2.75) is 13.3 Å². The van der Waals surface area contributed by atoms with Gasteiger partial charge in [-0.1, -0.05) is 18.8 Å². The molecule has 4 N–H and O–H groups in total. The maximum atomic E-state index is 11.6. The lowest BCUT2D eigenvalue weighted by atomic mass is 10.2. The van der Waals surface area contributed by atoms with Crippen LogP contribution < -0.4 is 15.2 Å². The van der Waals surface area contributed by atoms with Crippen molar-refractivity contribution < 1.29 is 8.42 Å². The molecule has 1 heterocycles. The Morgan fingerprint density at radius 3 is 2.94 bits per heavy atom. The summed E-state index contributed by atoms with van der Waals surface area (Å²) in [6.45, 7) is 2.51. The van der Waals surface area contributed by atoms with E-state index in [0.717, 1.165) is 6.42 Å². The Balaban J connectivity index is 2.79. The van der Waals surface area contributed by atoms with E-state index < -0.39 is 10.2 Å². The van der Waals surface area contributed by atoms with Crippen LogP contribution in [0.3, 0.4) is 0 Å². The van der Waals surface area contributed by atoms with E-state index >= 15 is 0 Å². The third-order valence-corrected chi connectivity index (χ3v) is 2.94. The van der Waals surface area contributed by atoms with E-state index in [0.29, 0.717) is 12.1 Å². The van der Waals surface area contributed by atoms with Crippen molar-refractivity contribution in [1.82, 2.24) is 9.71 Å². The molecule has 1 aromatic rings. The third-order valence-electron chi connectivity index (χ3n) is 1.88. The molecule has 0 amide bonds. The largest absolute Gasteiger partial charge is 0.320 e. The Bertz CT molecular complexity index is 546. The van der Waals surface area contributed by atoms with Crippen molar-refractivity contribution >= 4 is 16.0 Å². The molecule has 0 saturated heterocycles. The smallest absolute Gasteiger partial charge is 0.300 e. The summed E-state index contributed by atoms with van der Waals surface area (Å²) in [6, 6.07) is 3.23. The maximum Gasteiger partial charge on any atom is 0.300 e. The molecule has 98 valence electrons. The average molecular weight is 268 g/mol. The molecule has 18 heavy (non-hydrogen) atoms. The summed E-state index contributed by atoms with van der Waals surface area (Å²) >= 11 is 0. The zero-order valence-corrected chi connectivity index (χ0v) is 10.9. The molecule has 0 aliphatic carbocycles. The molecular weight excluding hydrogens is 252 g/mol. The van der Waals surface area contributed by atoms with Crippen molar-refractivity contribution in [3.05, 3.63) is 23.9 Å². The van der Waals surface area contributed by atoms with Gasteiger partial charge in [0.1, 0.15) is 5.82 Å². The van der Waals surface area contributed by atoms with Crippen LogP contribution in [0.4, 0.5) is 5.82 Å². The number of nitrogens with one attached hydrogen (secondary N) is 2. The van der Waals surface area contributed by atoms with E-state index in [2.05, 4.69) is 26.3 Å². The Morgan fingerprint density at radius 2 is 2.28 bits per heavy atom. The number of pyridine rings is 1. The van der Waals surface area contributed by atoms with Crippen LogP contribution in [0.5, 0.6) is 0 Å². The predicted octanol–water partition coefficient (Wildman–Crippen LogP) is 0.0481. The Hall–Kier alpha value is -1.62. The Labute approximate surface area is 107 Å². The van der Waals surface area contributed by atoms with Crippen molar-refractivity contribution in [1.29, 1.82) is 0 Å². The van der Waals surface area contributed by atoms with E-state index in [1.54, 1.807) is 12.1 Å². The zero-order chi connectivity index (χ0) is 13.4. The highest BCUT2D eigenvalue weighted by atomic mass is 32.2. The van der Waals surface area contributed by atoms with Crippen molar-refractivity contribution in [3.63, 3.8) is 0 Å². The van der Waals surface area contributed by atoms with Gasteiger partial charge in [-0.15, -0.1) is 0 Å². The monoisotopic (exact) mass is 268 g/mol. The number of anilines is 1. The molecule has 0 aromatic carbocycles. The Morgan fingerprint density at radius 1 is 1.50 bits per heavy atom. The van der Waals surface area contributed by atoms with Gasteiger partial charge in [0.05, 0.1) is 6.54 Å². The summed E-state index contributed by atoms with van der Waals surface area (Å²) < 4.78 is 27.8. The number of aromatic nitrogens is 1. The normalized spacial score (nSPS) is 10.6. The lowest BCUT2D eigenvalue weighted by molar-refractivity contribution is 0.586. The molecule has 0 bridgehead atoms. The van der Waals surface area contributed by atoms with Gasteiger partial charge in [-0.3, -0.25) is 4.72 Å². The highest BCUT2D eigenvalue weighted by Gasteiger charge is 2.09. The van der Waals surface area contributed by atoms with Gasteiger partial charge in [0.25, 0.3) is 10.2 Å². The first-order valence-corrected chi connectivity index (χ1v) is 6.98. The van der Waals surface area contributed by atoms with Crippen molar-refractivity contribution in [3.8, 4) is 11.8 Å². The molecule has 7 heteroatoms. The number of rotatable bonds is 5. The number of hydrogen-bond acceptors (Lipinski definition) is 4. The summed E-state index contributed by atoms with van der Waals surface area (Å²) in [5, 5.41) is 0. The quantitative estimate of drug-likeness (QED) is 0.657. The van der Waals surface area contributed by atoms with Crippen LogP contribution >= 0.6 is 0 Å². The number of hydrogen-bond donors (Lipinski definition) is 3. The van der Waals surface area contributed by atoms with Gasteiger partial charge < -0.3 is 5.73 Å². The van der Waals surface area contributed by atoms with Crippen LogP contribution in [0.1, 0.15) is 18.9 Å². The molecule has 0 spiro atoms. The molecule has 0 unspecified atom stereocenters. The fraction of sp³-hybridized carbons (Fsp3) is 0.364. The molecule has 0 fully saturated rings. The van der Waals surface area contributed by atoms with Crippen molar-refractivity contribution in [2.24, 2.45) is 5.73 Å². The standard InChI is InChI=1S/C11H16N4O2S/c1-2-7-14-18(16,17)15-11-9-10(4-3-6-12)5-8-13-11/h5,8-9,14H,2,6-7,12H2,1H3,(H,13,15). The fourth-order valence-electron chi connectivity index (χ4n) is 1.13. The second-order valence-corrected chi connectivity index (χ2v) is 4.94. The SMILES string of the molecule is CCCNS(=O)(=O)Nc1cc(C#CCN)ccn1. The highest BCUT2D eigenvalue weighted by molar-refractivity contribution is 7.90. The van der Waals surface area contributed by atoms with Gasteiger partial charge in [-0.2, -0.15) is 13.1 Å². The minimum atomic E-state index is -3.57. The topological polar surface area (TPSA) is 97.1 Å². The summed E-state index contributed by atoms with van der Waals surface area (Å²) in [5.74, 6) is 5.71. The molecule has 0 aliphatic rings. The third kappa shape index (κ3) is 5.14. The van der Waals surface area contributed by atoms with Gasteiger partial charge >= 0.3 is 0 Å². The first kappa shape index (κ1) is 14.4. The second-order valence-electron chi connectivity index (χ2n) is 3.44. The second kappa shape index (κ2) is 6.96. The van der Waals surface area contributed by atoms with Crippen LogP contribution in [0.15, 0.2) is 18.3 Å². The van der Waals surface area contributed by atoms with Crippen LogP contribution in [0, 0.1) is 11.8 Å². The van der Waals surface area contributed by atoms with E-state index in [1.807, 2.05) is 6.92 Å². The molecule has 1 aromatic heterocycles. The van der Waals surface area contributed by atoms with Crippen LogP contribution in [0.25, 0.3) is 0 Å². The van der Waals surface area contributed by atoms with Crippen LogP contribution in [-0.4, -0.2) is 26.5 Å². The summed E-state index contributed by atoms with van der Waals surface area (Å²) in [7, 11) is -3.57. The summed E-state index contributed by atoms with van der Waals surface area (Å²) in [4.78, 5) is 3.91. The van der Waals surface area contributed by atoms with Gasteiger partial charge in [0, 0.05) is 18.3 Å². The average Bonchev–Trinajstić information content (AvgIpc) is 2.34. The molecule has 1 rings (SSSR count). The van der Waals surface area contributed by atoms with Gasteiger partial charge in [-0.25, -0.2) is 4.98 Å². The molecule has 0 atom stereocenters. The molecular formula is C11H16N4O2S. The maximum absolute atomic E-state index is 11.6. The first-order chi connectivity index (χ1) is 8.57. The van der Waals surface area contributed by atoms with E-state index in [4.69, 9.17) is 5.73 Å². The van der Waals surface area contributed by atoms with Gasteiger partial charge in [0.2, 0.25) is 0 Å². The highest BCUT2D eigenvalue weighted by Crippen LogP contribution is 2.06. The summed E-state index contributed by atoms with van der Waals surface area (Å²) in [6.07, 6.45) is 2.20. The molecule has 0 radical (unpaired) electrons. The minimum absolute atomic E-state index is 0.224. The van der Waals surface area contributed by atoms with Crippen LogP contribution in [0.2, 0.25) is 0 Å². The first-order valence-electron chi connectivity index (χ1n) is 5.50. The van der Waals surface area contributed by atoms with Crippen LogP contribution in [-0.2, 0) is 10.2 Å². The lowest BCUT2D eigenvalue weighted by Gasteiger charge is -2.07. The lowest BCUT2D eigenvalue weighted by Crippen LogP contribution is -2.30. The van der Waals surface area contributed by atoms with Gasteiger partial charge in [0.15, 0.2) is 0 Å². The molecule has 0 saturated carbocycles. The van der Waals surface area contributed by atoms with E-state index in [1.165, 1.54) is 6.20 Å². The minimum Gasteiger partial charge on any atom is -0.320 e. The van der Waals surface area contributed by atoms with Gasteiger partial charge in [-0.05, 0) is 18.6 Å². The predicted molar refractivity (Wildman–Crippen MR) is 71.0 cm³/mol. The number of nitrogens with zero attached hydrogens (tertiary/aromatic N) is 1. The molecule has 6 nitrogen and oxygen atoms in total. The molecule has 0 aliphatic heterocycles. The number of nitrogens with two attached hydrogens (primary N) is 1. The Kier molecular flexibility index (Phi) is 5.58. The summed E-state index contributed by atoms with van der Waals surface area (Å²) in [5.41, 5.74) is 5.92.